The topological polar surface area (TPSA) is 63.9 Å². The van der Waals surface area contributed by atoms with Gasteiger partial charge in [-0.25, -0.2) is 0 Å². The molecule has 0 atom stereocenters. The largest absolute Gasteiger partial charge is 0.397 e. The molecule has 0 radical (unpaired) electrons. The number of nitrogens with zero attached hydrogens (tertiary/aromatic N) is 1. The number of hydrogen-bond acceptors (Lipinski definition) is 4. The lowest BCUT2D eigenvalue weighted by Crippen LogP contribution is -2.10. The minimum Gasteiger partial charge on any atom is -0.397 e. The Kier molecular flexibility index (Phi) is 13.4. The summed E-state index contributed by atoms with van der Waals surface area (Å²) in [5.41, 5.74) is 0. The van der Waals surface area contributed by atoms with Crippen molar-refractivity contribution in [2.24, 2.45) is 0 Å². The quantitative estimate of drug-likeness (QED) is 0.432. The summed E-state index contributed by atoms with van der Waals surface area (Å²) in [5, 5.41) is 23.2. The lowest BCUT2D eigenvalue weighted by Gasteiger charge is -1.95. The molecule has 8 heavy (non-hydrogen) atoms. The van der Waals surface area contributed by atoms with Gasteiger partial charge in [0.1, 0.15) is 0 Å². The van der Waals surface area contributed by atoms with Gasteiger partial charge >= 0.3 is 0 Å². The Balaban J connectivity index is 0. The van der Waals surface area contributed by atoms with Crippen molar-refractivity contribution in [2.45, 2.75) is 13.8 Å². The first-order valence-corrected chi connectivity index (χ1v) is 2.45. The minimum atomic E-state index is 0.125. The van der Waals surface area contributed by atoms with Crippen LogP contribution < -0.4 is 0 Å². The van der Waals surface area contributed by atoms with Gasteiger partial charge in [-0.2, -0.15) is 0 Å². The van der Waals surface area contributed by atoms with Gasteiger partial charge in [-0.1, -0.05) is 5.23 Å². The summed E-state index contributed by atoms with van der Waals surface area (Å²) < 4.78 is 0. The van der Waals surface area contributed by atoms with Crippen LogP contribution in [0.2, 0.25) is 0 Å². The third kappa shape index (κ3) is 40.4. The number of hydrogen-bond donors (Lipinski definition) is 3. The molecular weight excluding hydrogens is 110 g/mol. The molecule has 0 unspecified atom stereocenters. The average molecular weight is 123 g/mol. The highest BCUT2D eigenvalue weighted by Crippen LogP contribution is 1.61. The highest BCUT2D eigenvalue weighted by Gasteiger charge is 1.76. The van der Waals surface area contributed by atoms with Crippen molar-refractivity contribution in [3.63, 3.8) is 0 Å². The van der Waals surface area contributed by atoms with Crippen LogP contribution >= 0.6 is 0 Å². The normalized spacial score (nSPS) is 8.25. The second-order valence-electron chi connectivity index (χ2n) is 1.00. The van der Waals surface area contributed by atoms with Gasteiger partial charge in [0.25, 0.3) is 0 Å². The molecule has 0 heterocycles. The van der Waals surface area contributed by atoms with Crippen LogP contribution in [0, 0.1) is 0 Å². The molecule has 4 heteroatoms. The molecular formula is C4H13NO3. The lowest BCUT2D eigenvalue weighted by atomic mass is 10.8. The second-order valence-corrected chi connectivity index (χ2v) is 1.00. The van der Waals surface area contributed by atoms with Crippen LogP contribution in [-0.4, -0.2) is 33.9 Å². The van der Waals surface area contributed by atoms with Crippen LogP contribution in [0.15, 0.2) is 0 Å². The van der Waals surface area contributed by atoms with Gasteiger partial charge in [0, 0.05) is 13.2 Å². The summed E-state index contributed by atoms with van der Waals surface area (Å²) in [7, 11) is 0. The highest BCUT2D eigenvalue weighted by atomic mass is 16.8. The Morgan fingerprint density at radius 2 is 1.38 bits per heavy atom. The average Bonchev–Trinajstić information content (AvgIpc) is 1.69. The third-order valence-electron chi connectivity index (χ3n) is 0.283. The molecule has 0 spiro atoms. The van der Waals surface area contributed by atoms with Gasteiger partial charge < -0.3 is 5.11 Å². The van der Waals surface area contributed by atoms with E-state index in [-0.39, 0.29) is 18.4 Å². The standard InChI is InChI=1S/C2H7NO2.C2H6O/c1-2-3(4)5;1-2-3/h4-5H,2H2,1H3;3H,2H2,1H3. The van der Waals surface area contributed by atoms with Gasteiger partial charge in [-0.05, 0) is 13.8 Å². The van der Waals surface area contributed by atoms with Crippen LogP contribution in [0.25, 0.3) is 0 Å². The fourth-order valence-corrected chi connectivity index (χ4v) is 0. The summed E-state index contributed by atoms with van der Waals surface area (Å²) in [5.74, 6) is 0. The van der Waals surface area contributed by atoms with E-state index in [9.17, 15) is 0 Å². The zero-order valence-electron chi connectivity index (χ0n) is 5.20. The maximum Gasteiger partial charge on any atom is 0.0484 e. The maximum atomic E-state index is 7.75. The molecule has 52 valence electrons. The molecule has 0 bridgehead atoms. The van der Waals surface area contributed by atoms with Crippen molar-refractivity contribution in [3.05, 3.63) is 0 Å². The molecule has 0 aromatic rings. The van der Waals surface area contributed by atoms with Crippen LogP contribution in [0.4, 0.5) is 0 Å². The smallest absolute Gasteiger partial charge is 0.0484 e. The van der Waals surface area contributed by atoms with E-state index in [2.05, 4.69) is 0 Å². The van der Waals surface area contributed by atoms with Crippen molar-refractivity contribution in [1.82, 2.24) is 5.23 Å². The molecule has 0 aliphatic carbocycles. The Morgan fingerprint density at radius 1 is 1.25 bits per heavy atom. The van der Waals surface area contributed by atoms with Crippen LogP contribution in [-0.2, 0) is 0 Å². The van der Waals surface area contributed by atoms with Gasteiger partial charge in [-0.15, -0.1) is 0 Å². The summed E-state index contributed by atoms with van der Waals surface area (Å²) in [4.78, 5) is 0. The molecule has 3 N–H and O–H groups in total. The highest BCUT2D eigenvalue weighted by molar-refractivity contribution is 4.04. The lowest BCUT2D eigenvalue weighted by molar-refractivity contribution is -0.303. The van der Waals surface area contributed by atoms with E-state index >= 15 is 0 Å². The predicted octanol–water partition coefficient (Wildman–Crippen LogP) is 0.0853. The van der Waals surface area contributed by atoms with E-state index in [0.717, 1.165) is 0 Å². The van der Waals surface area contributed by atoms with Gasteiger partial charge in [0.15, 0.2) is 0 Å². The van der Waals surface area contributed by atoms with E-state index in [1.165, 1.54) is 0 Å². The van der Waals surface area contributed by atoms with E-state index in [1.807, 2.05) is 0 Å². The Hall–Kier alpha value is -0.160. The molecule has 4 nitrogen and oxygen atoms in total. The molecule has 0 saturated carbocycles. The fourth-order valence-electron chi connectivity index (χ4n) is 0. The Labute approximate surface area is 48.9 Å². The molecule has 0 saturated heterocycles. The van der Waals surface area contributed by atoms with Gasteiger partial charge in [0.05, 0.1) is 0 Å². The Bertz CT molecular complexity index is 32.5. The monoisotopic (exact) mass is 123 g/mol. The molecule has 0 aromatic heterocycles. The van der Waals surface area contributed by atoms with Crippen molar-refractivity contribution in [2.75, 3.05) is 13.2 Å². The first kappa shape index (κ1) is 10.8. The van der Waals surface area contributed by atoms with Crippen molar-refractivity contribution in [1.29, 1.82) is 0 Å². The number of aliphatic hydroxyl groups excluding tert-OH is 1. The van der Waals surface area contributed by atoms with Crippen molar-refractivity contribution >= 4 is 0 Å². The molecule has 0 aromatic carbocycles. The molecule has 0 aliphatic rings. The van der Waals surface area contributed by atoms with E-state index in [1.54, 1.807) is 13.8 Å². The molecule has 0 rings (SSSR count). The van der Waals surface area contributed by atoms with E-state index in [4.69, 9.17) is 15.5 Å². The molecule has 0 amide bonds. The van der Waals surface area contributed by atoms with E-state index in [0.29, 0.717) is 0 Å². The SMILES string of the molecule is CCN(O)O.CCO. The van der Waals surface area contributed by atoms with Crippen LogP contribution in [0.5, 0.6) is 0 Å². The zero-order chi connectivity index (χ0) is 6.99. The number of hydroxylamine groups is 2. The molecule has 0 fully saturated rings. The fraction of sp³-hybridized carbons (Fsp3) is 1.00. The predicted molar refractivity (Wildman–Crippen MR) is 28.7 cm³/mol. The number of aliphatic hydroxyl groups is 1. The van der Waals surface area contributed by atoms with Gasteiger partial charge in [-0.3, -0.25) is 10.4 Å². The maximum absolute atomic E-state index is 7.75. The number of rotatable bonds is 1. The second kappa shape index (κ2) is 9.96. The van der Waals surface area contributed by atoms with E-state index < -0.39 is 0 Å². The first-order valence-electron chi connectivity index (χ1n) is 2.45. The zero-order valence-corrected chi connectivity index (χ0v) is 5.20. The summed E-state index contributed by atoms with van der Waals surface area (Å²) in [6.07, 6.45) is 0. The summed E-state index contributed by atoms with van der Waals surface area (Å²) in [6.45, 7) is 3.81. The van der Waals surface area contributed by atoms with Crippen LogP contribution in [0.1, 0.15) is 13.8 Å². The minimum absolute atomic E-state index is 0.125. The first-order chi connectivity index (χ1) is 3.68. The summed E-state index contributed by atoms with van der Waals surface area (Å²) >= 11 is 0. The van der Waals surface area contributed by atoms with Crippen molar-refractivity contribution in [3.8, 4) is 0 Å². The van der Waals surface area contributed by atoms with Gasteiger partial charge in [0.2, 0.25) is 0 Å². The molecule has 0 aliphatic heterocycles. The Morgan fingerprint density at radius 3 is 1.38 bits per heavy atom. The third-order valence-corrected chi connectivity index (χ3v) is 0.283. The van der Waals surface area contributed by atoms with Crippen LogP contribution in [0.3, 0.4) is 0 Å². The summed E-state index contributed by atoms with van der Waals surface area (Å²) in [6, 6.07) is 0. The van der Waals surface area contributed by atoms with Crippen molar-refractivity contribution < 1.29 is 15.5 Å².